The molecule has 2 aromatic rings. The number of rotatable bonds is 7. The second kappa shape index (κ2) is 10.2. The molecular weight excluding hydrogens is 469 g/mol. The summed E-state index contributed by atoms with van der Waals surface area (Å²) in [6, 6.07) is 10.9. The molecule has 6 nitrogen and oxygen atoms in total. The Kier molecular flexibility index (Phi) is 7.99. The van der Waals surface area contributed by atoms with Crippen molar-refractivity contribution in [3.05, 3.63) is 69.7 Å². The summed E-state index contributed by atoms with van der Waals surface area (Å²) in [7, 11) is 1.56. The highest BCUT2D eigenvalue weighted by molar-refractivity contribution is 9.10. The minimum Gasteiger partial charge on any atom is -0.454 e. The van der Waals surface area contributed by atoms with Crippen LogP contribution in [0.4, 0.5) is 13.2 Å². The Labute approximate surface area is 179 Å². The summed E-state index contributed by atoms with van der Waals surface area (Å²) in [5, 5.41) is 2.23. The second-order valence-corrected chi connectivity index (χ2v) is 7.11. The predicted molar refractivity (Wildman–Crippen MR) is 105 cm³/mol. The molecule has 0 aromatic heterocycles. The van der Waals surface area contributed by atoms with Crippen LogP contribution in [0.3, 0.4) is 0 Å². The minimum atomic E-state index is -4.50. The van der Waals surface area contributed by atoms with Gasteiger partial charge < -0.3 is 15.0 Å². The van der Waals surface area contributed by atoms with Gasteiger partial charge >= 0.3 is 12.1 Å². The number of benzene rings is 2. The maximum Gasteiger partial charge on any atom is 0.416 e. The Morgan fingerprint density at radius 2 is 1.70 bits per heavy atom. The smallest absolute Gasteiger partial charge is 0.416 e. The number of halogens is 4. The molecular formula is C20H18BrF3N2O4. The molecule has 0 aliphatic carbocycles. The van der Waals surface area contributed by atoms with E-state index in [4.69, 9.17) is 4.74 Å². The quantitative estimate of drug-likeness (QED) is 0.608. The number of carbonyl (C=O) groups is 3. The van der Waals surface area contributed by atoms with Crippen LogP contribution in [0.15, 0.2) is 53.0 Å². The summed E-state index contributed by atoms with van der Waals surface area (Å²) in [5.41, 5.74) is -0.0489. The molecule has 0 heterocycles. The van der Waals surface area contributed by atoms with Gasteiger partial charge in [0.2, 0.25) is 0 Å². The molecule has 0 aliphatic heterocycles. The number of carbonyl (C=O) groups excluding carboxylic acids is 3. The van der Waals surface area contributed by atoms with Crippen LogP contribution in [0.2, 0.25) is 0 Å². The highest BCUT2D eigenvalue weighted by atomic mass is 79.9. The Balaban J connectivity index is 1.77. The number of alkyl halides is 3. The number of likely N-dealkylation sites (N-methyl/N-ethyl adjacent to an activating group) is 1. The van der Waals surface area contributed by atoms with E-state index < -0.39 is 42.7 Å². The molecule has 30 heavy (non-hydrogen) atoms. The molecule has 0 bridgehead atoms. The van der Waals surface area contributed by atoms with E-state index in [2.05, 4.69) is 21.2 Å². The number of hydrogen-bond acceptors (Lipinski definition) is 4. The third-order valence-corrected chi connectivity index (χ3v) is 4.79. The molecule has 0 unspecified atom stereocenters. The predicted octanol–water partition coefficient (Wildman–Crippen LogP) is 3.40. The number of esters is 1. The fraction of sp³-hybridized carbons (Fsp3) is 0.250. The van der Waals surface area contributed by atoms with E-state index in [1.54, 1.807) is 7.05 Å². The molecule has 2 aromatic carbocycles. The molecule has 0 saturated heterocycles. The van der Waals surface area contributed by atoms with E-state index in [1.807, 2.05) is 24.3 Å². The fourth-order valence-corrected chi connectivity index (χ4v) is 2.75. The molecule has 0 aliphatic rings. The first-order valence-electron chi connectivity index (χ1n) is 8.66. The van der Waals surface area contributed by atoms with Gasteiger partial charge in [0.15, 0.2) is 6.61 Å². The van der Waals surface area contributed by atoms with Crippen molar-refractivity contribution in [2.75, 3.05) is 20.2 Å². The van der Waals surface area contributed by atoms with Crippen LogP contribution in [-0.2, 0) is 27.0 Å². The number of hydrogen-bond donors (Lipinski definition) is 1. The molecule has 10 heteroatoms. The van der Waals surface area contributed by atoms with E-state index in [1.165, 1.54) is 4.90 Å². The highest BCUT2D eigenvalue weighted by Crippen LogP contribution is 2.29. The van der Waals surface area contributed by atoms with Crippen molar-refractivity contribution in [1.82, 2.24) is 10.2 Å². The first-order valence-corrected chi connectivity index (χ1v) is 9.45. The standard InChI is InChI=1S/C20H18BrF3N2O4/c1-26(11-14-4-2-3-5-16(14)21)17(27)12-30-18(28)10-25-19(29)13-6-8-15(9-7-13)20(22,23)24/h2-9H,10-12H2,1H3,(H,25,29). The minimum absolute atomic E-state index is 0.0416. The van der Waals surface area contributed by atoms with Crippen LogP contribution in [0, 0.1) is 0 Å². The maximum absolute atomic E-state index is 12.5. The summed E-state index contributed by atoms with van der Waals surface area (Å²) in [5.74, 6) is -2.02. The highest BCUT2D eigenvalue weighted by Gasteiger charge is 2.30. The van der Waals surface area contributed by atoms with Crippen molar-refractivity contribution in [3.63, 3.8) is 0 Å². The molecule has 1 N–H and O–H groups in total. The van der Waals surface area contributed by atoms with Gasteiger partial charge in [0, 0.05) is 23.6 Å². The van der Waals surface area contributed by atoms with Crippen molar-refractivity contribution in [1.29, 1.82) is 0 Å². The number of nitrogens with zero attached hydrogens (tertiary/aromatic N) is 1. The number of nitrogens with one attached hydrogen (secondary N) is 1. The fourth-order valence-electron chi connectivity index (χ4n) is 2.34. The summed E-state index contributed by atoms with van der Waals surface area (Å²) in [4.78, 5) is 37.1. The van der Waals surface area contributed by atoms with E-state index in [9.17, 15) is 27.6 Å². The zero-order valence-corrected chi connectivity index (χ0v) is 17.4. The largest absolute Gasteiger partial charge is 0.454 e. The van der Waals surface area contributed by atoms with Gasteiger partial charge in [-0.05, 0) is 35.9 Å². The van der Waals surface area contributed by atoms with Crippen molar-refractivity contribution >= 4 is 33.7 Å². The third-order valence-electron chi connectivity index (χ3n) is 4.02. The monoisotopic (exact) mass is 486 g/mol. The zero-order valence-electron chi connectivity index (χ0n) is 15.8. The molecule has 2 amide bonds. The van der Waals surface area contributed by atoms with Crippen molar-refractivity contribution < 1.29 is 32.3 Å². The Morgan fingerprint density at radius 1 is 1.07 bits per heavy atom. The van der Waals surface area contributed by atoms with Crippen LogP contribution in [0.1, 0.15) is 21.5 Å². The van der Waals surface area contributed by atoms with Crippen LogP contribution >= 0.6 is 15.9 Å². The van der Waals surface area contributed by atoms with Crippen LogP contribution in [0.25, 0.3) is 0 Å². The van der Waals surface area contributed by atoms with Crippen molar-refractivity contribution in [2.45, 2.75) is 12.7 Å². The number of ether oxygens (including phenoxy) is 1. The first-order chi connectivity index (χ1) is 14.1. The topological polar surface area (TPSA) is 75.7 Å². The normalized spacial score (nSPS) is 11.0. The van der Waals surface area contributed by atoms with Gasteiger partial charge in [-0.15, -0.1) is 0 Å². The summed E-state index contributed by atoms with van der Waals surface area (Å²) >= 11 is 3.38. The molecule has 0 radical (unpaired) electrons. The third kappa shape index (κ3) is 6.87. The van der Waals surface area contributed by atoms with Gasteiger partial charge in [-0.25, -0.2) is 0 Å². The van der Waals surface area contributed by atoms with Crippen molar-refractivity contribution in [3.8, 4) is 0 Å². The van der Waals surface area contributed by atoms with Crippen LogP contribution in [0.5, 0.6) is 0 Å². The van der Waals surface area contributed by atoms with E-state index in [-0.39, 0.29) is 5.56 Å². The van der Waals surface area contributed by atoms with Gasteiger partial charge in [0.05, 0.1) is 5.56 Å². The maximum atomic E-state index is 12.5. The van der Waals surface area contributed by atoms with Gasteiger partial charge in [0.25, 0.3) is 11.8 Å². The van der Waals surface area contributed by atoms with Gasteiger partial charge in [0.1, 0.15) is 6.54 Å². The zero-order chi connectivity index (χ0) is 22.3. The summed E-state index contributed by atoms with van der Waals surface area (Å²) < 4.78 is 43.3. The molecule has 2 rings (SSSR count). The molecule has 0 spiro atoms. The lowest BCUT2D eigenvalue weighted by Gasteiger charge is -2.18. The lowest BCUT2D eigenvalue weighted by Crippen LogP contribution is -2.34. The molecule has 0 fully saturated rings. The lowest BCUT2D eigenvalue weighted by atomic mass is 10.1. The number of amides is 2. The van der Waals surface area contributed by atoms with E-state index in [0.717, 1.165) is 34.3 Å². The Morgan fingerprint density at radius 3 is 2.30 bits per heavy atom. The van der Waals surface area contributed by atoms with Crippen molar-refractivity contribution in [2.24, 2.45) is 0 Å². The SMILES string of the molecule is CN(Cc1ccccc1Br)C(=O)COC(=O)CNC(=O)c1ccc(C(F)(F)F)cc1. The average Bonchev–Trinajstić information content (AvgIpc) is 2.71. The van der Waals surface area contributed by atoms with Crippen LogP contribution < -0.4 is 5.32 Å². The Bertz CT molecular complexity index is 917. The first kappa shape index (κ1) is 23.4. The van der Waals surface area contributed by atoms with Gasteiger partial charge in [-0.3, -0.25) is 14.4 Å². The Hall–Kier alpha value is -2.88. The second-order valence-electron chi connectivity index (χ2n) is 6.26. The average molecular weight is 487 g/mol. The molecule has 0 saturated carbocycles. The molecule has 0 atom stereocenters. The van der Waals surface area contributed by atoms with Crippen LogP contribution in [-0.4, -0.2) is 42.9 Å². The molecule has 160 valence electrons. The van der Waals surface area contributed by atoms with E-state index in [0.29, 0.717) is 6.54 Å². The lowest BCUT2D eigenvalue weighted by molar-refractivity contribution is -0.150. The summed E-state index contributed by atoms with van der Waals surface area (Å²) in [6.07, 6.45) is -4.50. The van der Waals surface area contributed by atoms with Gasteiger partial charge in [-0.2, -0.15) is 13.2 Å². The summed E-state index contributed by atoms with van der Waals surface area (Å²) in [6.45, 7) is -0.723. The van der Waals surface area contributed by atoms with E-state index >= 15 is 0 Å². The van der Waals surface area contributed by atoms with Gasteiger partial charge in [-0.1, -0.05) is 34.1 Å².